The highest BCUT2D eigenvalue weighted by Gasteiger charge is 2.25. The number of carbonyl (C=O) groups is 2. The van der Waals surface area contributed by atoms with E-state index in [1.165, 1.54) is 0 Å². The summed E-state index contributed by atoms with van der Waals surface area (Å²) in [6.45, 7) is 1.74. The van der Waals surface area contributed by atoms with E-state index in [2.05, 4.69) is 5.32 Å². The number of imide groups is 1. The first-order valence-corrected chi connectivity index (χ1v) is 3.40. The van der Waals surface area contributed by atoms with E-state index in [4.69, 9.17) is 5.11 Å². The quantitative estimate of drug-likeness (QED) is 0.520. The second-order valence-electron chi connectivity index (χ2n) is 2.34. The molecular weight excluding hydrogens is 146 g/mol. The van der Waals surface area contributed by atoms with Crippen LogP contribution in [0.1, 0.15) is 13.3 Å². The molecule has 1 rings (SSSR count). The summed E-state index contributed by atoms with van der Waals surface area (Å²) in [5.41, 5.74) is 0.164. The molecule has 0 aromatic heterocycles. The minimum atomic E-state index is -0.818. The zero-order valence-corrected chi connectivity index (χ0v) is 6.13. The van der Waals surface area contributed by atoms with Gasteiger partial charge in [-0.05, 0) is 6.42 Å². The fraction of sp³-hybridized carbons (Fsp3) is 0.429. The first kappa shape index (κ1) is 7.94. The molecule has 0 aromatic carbocycles. The zero-order chi connectivity index (χ0) is 8.43. The van der Waals surface area contributed by atoms with Crippen molar-refractivity contribution in [1.82, 2.24) is 5.32 Å². The maximum Gasteiger partial charge on any atom is 0.256 e. The summed E-state index contributed by atoms with van der Waals surface area (Å²) in [5, 5.41) is 11.2. The van der Waals surface area contributed by atoms with Crippen molar-refractivity contribution in [3.8, 4) is 0 Å². The van der Waals surface area contributed by atoms with Gasteiger partial charge in [-0.3, -0.25) is 14.9 Å². The summed E-state index contributed by atoms with van der Waals surface area (Å²) in [6.07, 6.45) is 0.754. The molecule has 0 saturated heterocycles. The summed E-state index contributed by atoms with van der Waals surface area (Å²) in [6, 6.07) is 0. The second kappa shape index (κ2) is 2.84. The van der Waals surface area contributed by atoms with Crippen molar-refractivity contribution < 1.29 is 14.7 Å². The third-order valence-corrected chi connectivity index (χ3v) is 1.53. The predicted molar refractivity (Wildman–Crippen MR) is 37.5 cm³/mol. The lowest BCUT2D eigenvalue weighted by Gasteiger charge is -2.04. The van der Waals surface area contributed by atoms with Gasteiger partial charge in [-0.1, -0.05) is 6.92 Å². The normalized spacial score (nSPS) is 19.6. The summed E-state index contributed by atoms with van der Waals surface area (Å²) < 4.78 is 0. The lowest BCUT2D eigenvalue weighted by atomic mass is 10.1. The molecular formula is C7H9NO3. The third-order valence-electron chi connectivity index (χ3n) is 1.53. The van der Waals surface area contributed by atoms with E-state index in [0.29, 0.717) is 6.42 Å². The molecule has 1 unspecified atom stereocenters. The monoisotopic (exact) mass is 155 g/mol. The molecule has 60 valence electrons. The molecule has 4 nitrogen and oxygen atoms in total. The van der Waals surface area contributed by atoms with Crippen LogP contribution in [0.25, 0.3) is 0 Å². The molecule has 11 heavy (non-hydrogen) atoms. The van der Waals surface area contributed by atoms with Gasteiger partial charge in [0, 0.05) is 6.08 Å². The molecule has 0 radical (unpaired) electrons. The van der Waals surface area contributed by atoms with Gasteiger partial charge >= 0.3 is 0 Å². The number of rotatable bonds is 2. The Morgan fingerprint density at radius 1 is 1.64 bits per heavy atom. The predicted octanol–water partition coefficient (Wildman–Crippen LogP) is -0.660. The van der Waals surface area contributed by atoms with E-state index < -0.39 is 17.9 Å². The number of carbonyl (C=O) groups excluding carboxylic acids is 2. The number of hydrogen-bond acceptors (Lipinski definition) is 3. The molecule has 2 amide bonds. The maximum atomic E-state index is 10.8. The minimum absolute atomic E-state index is 0.164. The van der Waals surface area contributed by atoms with Crippen LogP contribution in [0.5, 0.6) is 0 Å². The first-order chi connectivity index (χ1) is 5.15. The molecule has 0 saturated carbocycles. The molecule has 1 atom stereocenters. The fourth-order valence-corrected chi connectivity index (χ4v) is 0.894. The number of hydrogen-bond donors (Lipinski definition) is 2. The fourth-order valence-electron chi connectivity index (χ4n) is 0.894. The smallest absolute Gasteiger partial charge is 0.256 e. The molecule has 2 N–H and O–H groups in total. The lowest BCUT2D eigenvalue weighted by molar-refractivity contribution is -0.124. The van der Waals surface area contributed by atoms with Gasteiger partial charge in [-0.15, -0.1) is 0 Å². The molecule has 0 bridgehead atoms. The summed E-state index contributed by atoms with van der Waals surface area (Å²) in [4.78, 5) is 21.4. The molecule has 0 aliphatic carbocycles. The van der Waals surface area contributed by atoms with Crippen LogP contribution in [0.2, 0.25) is 0 Å². The van der Waals surface area contributed by atoms with Crippen molar-refractivity contribution in [3.05, 3.63) is 11.6 Å². The zero-order valence-electron chi connectivity index (χ0n) is 6.13. The van der Waals surface area contributed by atoms with Gasteiger partial charge in [0.05, 0.1) is 11.7 Å². The van der Waals surface area contributed by atoms with E-state index >= 15 is 0 Å². The van der Waals surface area contributed by atoms with Crippen molar-refractivity contribution in [2.75, 3.05) is 0 Å². The minimum Gasteiger partial charge on any atom is -0.388 e. The largest absolute Gasteiger partial charge is 0.388 e. The Hall–Kier alpha value is -1.16. The molecule has 4 heteroatoms. The van der Waals surface area contributed by atoms with Crippen LogP contribution >= 0.6 is 0 Å². The van der Waals surface area contributed by atoms with Gasteiger partial charge in [-0.2, -0.15) is 0 Å². The summed E-state index contributed by atoms with van der Waals surface area (Å²) >= 11 is 0. The van der Waals surface area contributed by atoms with E-state index in [1.54, 1.807) is 6.92 Å². The Labute approximate surface area is 63.9 Å². The van der Waals surface area contributed by atoms with Crippen molar-refractivity contribution in [3.63, 3.8) is 0 Å². The van der Waals surface area contributed by atoms with E-state index in [1.807, 2.05) is 0 Å². The SMILES string of the molecule is CCC(O)C1=CC(=O)NC1=O. The van der Waals surface area contributed by atoms with Crippen LogP contribution in [-0.4, -0.2) is 23.0 Å². The number of amides is 2. The van der Waals surface area contributed by atoms with Crippen LogP contribution in [0.3, 0.4) is 0 Å². The Bertz CT molecular complexity index is 232. The molecule has 0 fully saturated rings. The van der Waals surface area contributed by atoms with E-state index in [9.17, 15) is 9.59 Å². The van der Waals surface area contributed by atoms with Gasteiger partial charge in [0.15, 0.2) is 0 Å². The second-order valence-corrected chi connectivity index (χ2v) is 2.34. The molecule has 1 heterocycles. The van der Waals surface area contributed by atoms with Gasteiger partial charge in [0.25, 0.3) is 11.8 Å². The highest BCUT2D eigenvalue weighted by Crippen LogP contribution is 2.10. The Kier molecular flexibility index (Phi) is 2.05. The van der Waals surface area contributed by atoms with E-state index in [-0.39, 0.29) is 5.57 Å². The lowest BCUT2D eigenvalue weighted by Crippen LogP contribution is -2.25. The summed E-state index contributed by atoms with van der Waals surface area (Å²) in [5.74, 6) is -0.929. The highest BCUT2D eigenvalue weighted by atomic mass is 16.3. The van der Waals surface area contributed by atoms with Crippen molar-refractivity contribution in [2.24, 2.45) is 0 Å². The number of aliphatic hydroxyl groups excluding tert-OH is 1. The first-order valence-electron chi connectivity index (χ1n) is 3.40. The molecule has 0 aromatic rings. The van der Waals surface area contributed by atoms with Gasteiger partial charge in [0.2, 0.25) is 0 Å². The average molecular weight is 155 g/mol. The van der Waals surface area contributed by atoms with Gasteiger partial charge < -0.3 is 5.11 Å². The van der Waals surface area contributed by atoms with Crippen LogP contribution in [0.15, 0.2) is 11.6 Å². The van der Waals surface area contributed by atoms with Crippen molar-refractivity contribution in [2.45, 2.75) is 19.4 Å². The van der Waals surface area contributed by atoms with Crippen molar-refractivity contribution >= 4 is 11.8 Å². The maximum absolute atomic E-state index is 10.8. The van der Waals surface area contributed by atoms with Gasteiger partial charge in [-0.25, -0.2) is 0 Å². The summed E-state index contributed by atoms with van der Waals surface area (Å²) in [7, 11) is 0. The van der Waals surface area contributed by atoms with Crippen LogP contribution in [0.4, 0.5) is 0 Å². The Balaban J connectivity index is 2.79. The molecule has 1 aliphatic rings. The number of nitrogens with one attached hydrogen (secondary N) is 1. The Morgan fingerprint density at radius 3 is 2.64 bits per heavy atom. The topological polar surface area (TPSA) is 66.4 Å². The standard InChI is InChI=1S/C7H9NO3/c1-2-5(9)4-3-6(10)8-7(4)11/h3,5,9H,2H2,1H3,(H,8,10,11). The van der Waals surface area contributed by atoms with Crippen LogP contribution in [-0.2, 0) is 9.59 Å². The average Bonchev–Trinajstić information content (AvgIpc) is 2.28. The molecule has 0 spiro atoms. The van der Waals surface area contributed by atoms with Gasteiger partial charge in [0.1, 0.15) is 0 Å². The highest BCUT2D eigenvalue weighted by molar-refractivity contribution is 6.16. The molecule has 1 aliphatic heterocycles. The Morgan fingerprint density at radius 2 is 2.27 bits per heavy atom. The van der Waals surface area contributed by atoms with E-state index in [0.717, 1.165) is 6.08 Å². The van der Waals surface area contributed by atoms with Crippen LogP contribution in [0, 0.1) is 0 Å². The number of aliphatic hydroxyl groups is 1. The van der Waals surface area contributed by atoms with Crippen LogP contribution < -0.4 is 5.32 Å². The third kappa shape index (κ3) is 1.46. The van der Waals surface area contributed by atoms with Crippen molar-refractivity contribution in [1.29, 1.82) is 0 Å².